The number of alkyl halides is 1. The van der Waals surface area contributed by atoms with Crippen LogP contribution < -0.4 is 5.73 Å². The van der Waals surface area contributed by atoms with Gasteiger partial charge in [-0.1, -0.05) is 98.3 Å². The van der Waals surface area contributed by atoms with Gasteiger partial charge in [-0.25, -0.2) is 4.39 Å². The first-order valence-electron chi connectivity index (χ1n) is 10.8. The Bertz CT molecular complexity index is 267. The normalized spacial score (nSPS) is 18.1. The van der Waals surface area contributed by atoms with E-state index in [4.69, 9.17) is 5.73 Å². The molecule has 0 saturated carbocycles. The zero-order chi connectivity index (χ0) is 18.4. The molecule has 0 heterocycles. The summed E-state index contributed by atoms with van der Waals surface area (Å²) < 4.78 is 13.4. The van der Waals surface area contributed by atoms with Gasteiger partial charge in [0.15, 0.2) is 0 Å². The second-order valence-corrected chi connectivity index (χ2v) is 8.34. The van der Waals surface area contributed by atoms with E-state index in [2.05, 4.69) is 27.7 Å². The van der Waals surface area contributed by atoms with Gasteiger partial charge in [-0.15, -0.1) is 0 Å². The zero-order valence-electron chi connectivity index (χ0n) is 17.3. The lowest BCUT2D eigenvalue weighted by atomic mass is 9.81. The summed E-state index contributed by atoms with van der Waals surface area (Å²) in [4.78, 5) is 0. The Morgan fingerprint density at radius 3 is 1.92 bits per heavy atom. The van der Waals surface area contributed by atoms with E-state index < -0.39 is 6.17 Å². The maximum atomic E-state index is 13.4. The summed E-state index contributed by atoms with van der Waals surface area (Å²) >= 11 is 0. The topological polar surface area (TPSA) is 26.0 Å². The second-order valence-electron chi connectivity index (χ2n) is 8.34. The molecule has 5 unspecified atom stereocenters. The van der Waals surface area contributed by atoms with Crippen molar-refractivity contribution in [3.8, 4) is 0 Å². The SMILES string of the molecule is CCCCC(CC(N)C(C)F)C(C)CCCCCCC(C)CCC. The van der Waals surface area contributed by atoms with Crippen molar-refractivity contribution in [2.24, 2.45) is 23.5 Å². The molecule has 0 rings (SSSR count). The highest BCUT2D eigenvalue weighted by molar-refractivity contribution is 4.76. The van der Waals surface area contributed by atoms with Gasteiger partial charge in [0.2, 0.25) is 0 Å². The third-order valence-corrected chi connectivity index (χ3v) is 5.79. The molecule has 0 aliphatic carbocycles. The Morgan fingerprint density at radius 1 is 0.750 bits per heavy atom. The molecule has 0 aromatic carbocycles. The van der Waals surface area contributed by atoms with Gasteiger partial charge < -0.3 is 5.73 Å². The zero-order valence-corrected chi connectivity index (χ0v) is 17.3. The number of nitrogens with two attached hydrogens (primary N) is 1. The van der Waals surface area contributed by atoms with E-state index in [-0.39, 0.29) is 6.04 Å². The lowest BCUT2D eigenvalue weighted by molar-refractivity contribution is 0.218. The quantitative estimate of drug-likeness (QED) is 0.293. The molecule has 0 amide bonds. The highest BCUT2D eigenvalue weighted by atomic mass is 19.1. The van der Waals surface area contributed by atoms with E-state index in [1.807, 2.05) is 0 Å². The van der Waals surface area contributed by atoms with Crippen LogP contribution in [-0.4, -0.2) is 12.2 Å². The minimum atomic E-state index is -0.883. The summed E-state index contributed by atoms with van der Waals surface area (Å²) in [6.45, 7) is 10.9. The fourth-order valence-corrected chi connectivity index (χ4v) is 3.82. The van der Waals surface area contributed by atoms with Gasteiger partial charge in [0.25, 0.3) is 0 Å². The fourth-order valence-electron chi connectivity index (χ4n) is 3.82. The summed E-state index contributed by atoms with van der Waals surface area (Å²) in [6, 6.07) is -0.283. The lowest BCUT2D eigenvalue weighted by Gasteiger charge is -2.27. The predicted octanol–water partition coefficient (Wildman–Crippen LogP) is 7.28. The minimum absolute atomic E-state index is 0.283. The maximum Gasteiger partial charge on any atom is 0.112 e. The molecular weight excluding hydrogens is 297 g/mol. The average Bonchev–Trinajstić information content (AvgIpc) is 2.54. The summed E-state index contributed by atoms with van der Waals surface area (Å²) in [5.41, 5.74) is 6.00. The van der Waals surface area contributed by atoms with Gasteiger partial charge in [0, 0.05) is 6.04 Å². The van der Waals surface area contributed by atoms with Crippen LogP contribution in [0.4, 0.5) is 4.39 Å². The van der Waals surface area contributed by atoms with Crippen LogP contribution >= 0.6 is 0 Å². The first-order valence-corrected chi connectivity index (χ1v) is 10.8. The fraction of sp³-hybridized carbons (Fsp3) is 1.00. The van der Waals surface area contributed by atoms with Crippen LogP contribution in [0.1, 0.15) is 112 Å². The van der Waals surface area contributed by atoms with Crippen LogP contribution in [0.5, 0.6) is 0 Å². The van der Waals surface area contributed by atoms with Gasteiger partial charge in [-0.3, -0.25) is 0 Å². The minimum Gasteiger partial charge on any atom is -0.325 e. The smallest absolute Gasteiger partial charge is 0.112 e. The molecule has 0 aliphatic rings. The molecule has 0 bridgehead atoms. The Morgan fingerprint density at radius 2 is 1.38 bits per heavy atom. The molecule has 0 aliphatic heterocycles. The molecule has 1 nitrogen and oxygen atoms in total. The van der Waals surface area contributed by atoms with Crippen molar-refractivity contribution < 1.29 is 4.39 Å². The highest BCUT2D eigenvalue weighted by Crippen LogP contribution is 2.28. The van der Waals surface area contributed by atoms with Crippen molar-refractivity contribution in [3.05, 3.63) is 0 Å². The van der Waals surface area contributed by atoms with Gasteiger partial charge in [0.1, 0.15) is 6.17 Å². The van der Waals surface area contributed by atoms with Crippen molar-refractivity contribution in [1.82, 2.24) is 0 Å². The van der Waals surface area contributed by atoms with Crippen LogP contribution in [0.3, 0.4) is 0 Å². The first kappa shape index (κ1) is 23.9. The van der Waals surface area contributed by atoms with Crippen LogP contribution in [0, 0.1) is 17.8 Å². The molecule has 5 atom stereocenters. The van der Waals surface area contributed by atoms with E-state index in [1.54, 1.807) is 6.92 Å². The standard InChI is InChI=1S/C22H46FN/c1-6-8-16-21(17-22(24)20(5)23)19(4)15-12-10-9-11-14-18(3)13-7-2/h18-22H,6-17,24H2,1-5H3. The van der Waals surface area contributed by atoms with Crippen LogP contribution in [0.25, 0.3) is 0 Å². The molecule has 0 spiro atoms. The molecule has 0 saturated heterocycles. The van der Waals surface area contributed by atoms with E-state index in [0.717, 1.165) is 12.3 Å². The second kappa shape index (κ2) is 15.2. The summed E-state index contributed by atoms with van der Waals surface area (Å²) in [5, 5.41) is 0. The Balaban J connectivity index is 3.97. The average molecular weight is 344 g/mol. The molecule has 0 radical (unpaired) electrons. The Kier molecular flexibility index (Phi) is 15.1. The van der Waals surface area contributed by atoms with Gasteiger partial charge in [-0.05, 0) is 31.1 Å². The van der Waals surface area contributed by atoms with Crippen molar-refractivity contribution in [2.45, 2.75) is 124 Å². The van der Waals surface area contributed by atoms with Crippen molar-refractivity contribution in [1.29, 1.82) is 0 Å². The number of unbranched alkanes of at least 4 members (excludes halogenated alkanes) is 4. The van der Waals surface area contributed by atoms with Crippen molar-refractivity contribution >= 4 is 0 Å². The lowest BCUT2D eigenvalue weighted by Crippen LogP contribution is -2.33. The summed E-state index contributed by atoms with van der Waals surface area (Å²) in [6.07, 6.45) is 14.5. The number of hydrogen-bond acceptors (Lipinski definition) is 1. The van der Waals surface area contributed by atoms with Gasteiger partial charge in [0.05, 0.1) is 0 Å². The Hall–Kier alpha value is -0.110. The Labute approximate surface area is 152 Å². The molecule has 146 valence electrons. The molecule has 0 aromatic rings. The summed E-state index contributed by atoms with van der Waals surface area (Å²) in [7, 11) is 0. The van der Waals surface area contributed by atoms with E-state index in [9.17, 15) is 4.39 Å². The first-order chi connectivity index (χ1) is 11.4. The third kappa shape index (κ3) is 12.3. The number of hydrogen-bond donors (Lipinski definition) is 1. The largest absolute Gasteiger partial charge is 0.325 e. The predicted molar refractivity (Wildman–Crippen MR) is 107 cm³/mol. The molecule has 2 heteroatoms. The number of halogens is 1. The maximum absolute atomic E-state index is 13.4. The van der Waals surface area contributed by atoms with Crippen molar-refractivity contribution in [2.75, 3.05) is 0 Å². The molecule has 0 fully saturated rings. The van der Waals surface area contributed by atoms with Gasteiger partial charge >= 0.3 is 0 Å². The highest BCUT2D eigenvalue weighted by Gasteiger charge is 2.22. The number of rotatable bonds is 16. The molecule has 0 aromatic heterocycles. The third-order valence-electron chi connectivity index (χ3n) is 5.79. The van der Waals surface area contributed by atoms with Crippen molar-refractivity contribution in [3.63, 3.8) is 0 Å². The monoisotopic (exact) mass is 343 g/mol. The van der Waals surface area contributed by atoms with E-state index in [1.165, 1.54) is 70.6 Å². The van der Waals surface area contributed by atoms with Gasteiger partial charge in [-0.2, -0.15) is 0 Å². The van der Waals surface area contributed by atoms with E-state index >= 15 is 0 Å². The van der Waals surface area contributed by atoms with Crippen LogP contribution in [0.15, 0.2) is 0 Å². The molecule has 2 N–H and O–H groups in total. The molecular formula is C22H46FN. The molecule has 24 heavy (non-hydrogen) atoms. The van der Waals surface area contributed by atoms with Crippen LogP contribution in [-0.2, 0) is 0 Å². The van der Waals surface area contributed by atoms with E-state index in [0.29, 0.717) is 11.8 Å². The summed E-state index contributed by atoms with van der Waals surface area (Å²) in [5.74, 6) is 2.18. The van der Waals surface area contributed by atoms with Crippen LogP contribution in [0.2, 0.25) is 0 Å².